The first-order valence-corrected chi connectivity index (χ1v) is 10.9. The summed E-state index contributed by atoms with van der Waals surface area (Å²) in [5, 5.41) is 4.95. The molecule has 154 valence electrons. The van der Waals surface area contributed by atoms with Crippen molar-refractivity contribution in [2.45, 2.75) is 19.8 Å². The molecule has 8 heteroatoms. The van der Waals surface area contributed by atoms with Gasteiger partial charge in [0.2, 0.25) is 0 Å². The van der Waals surface area contributed by atoms with Gasteiger partial charge in [0.05, 0.1) is 27.8 Å². The summed E-state index contributed by atoms with van der Waals surface area (Å²) < 4.78 is 14.0. The molecule has 0 saturated heterocycles. The van der Waals surface area contributed by atoms with Crippen molar-refractivity contribution in [1.29, 1.82) is 0 Å². The number of benzene rings is 2. The maximum atomic E-state index is 13.1. The van der Waals surface area contributed by atoms with E-state index in [0.29, 0.717) is 28.2 Å². The van der Waals surface area contributed by atoms with E-state index in [9.17, 15) is 4.79 Å². The highest BCUT2D eigenvalue weighted by atomic mass is 127. The van der Waals surface area contributed by atoms with Crippen molar-refractivity contribution in [3.05, 3.63) is 60.1 Å². The molecule has 0 radical (unpaired) electrons. The Balaban J connectivity index is 2.10. The first-order valence-electron chi connectivity index (χ1n) is 9.06. The van der Waals surface area contributed by atoms with Crippen LogP contribution in [0.15, 0.2) is 44.7 Å². The molecule has 0 amide bonds. The molecule has 0 N–H and O–H groups in total. The summed E-state index contributed by atoms with van der Waals surface area (Å²) in [7, 11) is 1.56. The first kappa shape index (κ1) is 22.3. The summed E-state index contributed by atoms with van der Waals surface area (Å²) >= 11 is 5.56. The zero-order chi connectivity index (χ0) is 21.8. The van der Waals surface area contributed by atoms with Crippen LogP contribution in [0.4, 0.5) is 0 Å². The second-order valence-corrected chi connectivity index (χ2v) is 8.75. The smallest absolute Gasteiger partial charge is 0.282 e. The fourth-order valence-corrected chi connectivity index (χ4v) is 3.99. The number of rotatable bonds is 6. The van der Waals surface area contributed by atoms with Gasteiger partial charge in [0.15, 0.2) is 11.5 Å². The average molecular weight is 580 g/mol. The van der Waals surface area contributed by atoms with Crippen molar-refractivity contribution in [2.75, 3.05) is 13.7 Å². The highest BCUT2D eigenvalue weighted by Crippen LogP contribution is 2.33. The van der Waals surface area contributed by atoms with E-state index in [1.807, 2.05) is 32.0 Å². The molecule has 30 heavy (non-hydrogen) atoms. The largest absolute Gasteiger partial charge is 0.493 e. The maximum Gasteiger partial charge on any atom is 0.282 e. The van der Waals surface area contributed by atoms with Crippen molar-refractivity contribution < 1.29 is 9.47 Å². The molecule has 0 bridgehead atoms. The van der Waals surface area contributed by atoms with Crippen LogP contribution in [0, 0.1) is 15.9 Å². The predicted octanol–water partition coefficient (Wildman–Crippen LogP) is 4.79. The summed E-state index contributed by atoms with van der Waals surface area (Å²) in [6.45, 7) is 4.09. The van der Waals surface area contributed by atoms with E-state index in [1.165, 1.54) is 4.68 Å². The average Bonchev–Trinajstić information content (AvgIpc) is 2.72. The van der Waals surface area contributed by atoms with Crippen molar-refractivity contribution in [3.8, 4) is 23.8 Å². The van der Waals surface area contributed by atoms with E-state index < -0.39 is 0 Å². The molecule has 0 saturated carbocycles. The highest BCUT2D eigenvalue weighted by molar-refractivity contribution is 14.1. The van der Waals surface area contributed by atoms with Crippen LogP contribution in [-0.2, 0) is 0 Å². The molecular weight excluding hydrogens is 561 g/mol. The Morgan fingerprint density at radius 2 is 2.13 bits per heavy atom. The van der Waals surface area contributed by atoms with E-state index >= 15 is 0 Å². The minimum atomic E-state index is -0.225. The Morgan fingerprint density at radius 3 is 2.80 bits per heavy atom. The van der Waals surface area contributed by atoms with Crippen molar-refractivity contribution in [3.63, 3.8) is 0 Å². The first-order chi connectivity index (χ1) is 14.3. The number of nitrogens with zero attached hydrogens (tertiary/aromatic N) is 3. The van der Waals surface area contributed by atoms with E-state index in [-0.39, 0.29) is 18.1 Å². The molecule has 3 aromatic rings. The Hall–Kier alpha value is -2.38. The lowest BCUT2D eigenvalue weighted by molar-refractivity contribution is 0.328. The number of terminal acetylenes is 1. The van der Waals surface area contributed by atoms with Gasteiger partial charge in [-0.3, -0.25) is 4.79 Å². The normalized spacial score (nSPS) is 11.2. The van der Waals surface area contributed by atoms with Gasteiger partial charge in [0, 0.05) is 10.4 Å². The molecule has 0 aliphatic heterocycles. The lowest BCUT2D eigenvalue weighted by atomic mass is 10.2. The van der Waals surface area contributed by atoms with Gasteiger partial charge in [-0.1, -0.05) is 35.7 Å². The van der Waals surface area contributed by atoms with Crippen LogP contribution in [0.2, 0.25) is 0 Å². The zero-order valence-electron chi connectivity index (χ0n) is 16.6. The van der Waals surface area contributed by atoms with Crippen molar-refractivity contribution >= 4 is 55.6 Å². The lowest BCUT2D eigenvalue weighted by Gasteiger charge is -2.13. The second-order valence-electron chi connectivity index (χ2n) is 6.67. The number of fused-ring (bicyclic) bond motifs is 1. The number of aromatic nitrogens is 2. The van der Waals surface area contributed by atoms with Gasteiger partial charge in [0.1, 0.15) is 12.4 Å². The molecule has 0 spiro atoms. The van der Waals surface area contributed by atoms with Crippen LogP contribution in [0.1, 0.15) is 31.2 Å². The van der Waals surface area contributed by atoms with E-state index in [1.54, 1.807) is 25.5 Å². The molecule has 0 atom stereocenters. The van der Waals surface area contributed by atoms with Gasteiger partial charge in [-0.15, -0.1) is 6.42 Å². The fraction of sp³-hybridized carbons (Fsp3) is 0.227. The summed E-state index contributed by atoms with van der Waals surface area (Å²) in [5.41, 5.74) is 1.17. The third kappa shape index (κ3) is 4.68. The van der Waals surface area contributed by atoms with Crippen molar-refractivity contribution in [1.82, 2.24) is 9.66 Å². The minimum absolute atomic E-state index is 0.0112. The monoisotopic (exact) mass is 579 g/mol. The van der Waals surface area contributed by atoms with E-state index in [2.05, 4.69) is 54.5 Å². The van der Waals surface area contributed by atoms with Gasteiger partial charge >= 0.3 is 0 Å². The molecule has 1 heterocycles. The molecule has 2 aromatic carbocycles. The Kier molecular flexibility index (Phi) is 7.15. The maximum absolute atomic E-state index is 13.1. The van der Waals surface area contributed by atoms with Gasteiger partial charge in [-0.25, -0.2) is 4.98 Å². The molecule has 0 aliphatic rings. The number of hydrogen-bond acceptors (Lipinski definition) is 5. The quantitative estimate of drug-likeness (QED) is 0.239. The number of hydrogen-bond donors (Lipinski definition) is 0. The topological polar surface area (TPSA) is 65.7 Å². The third-order valence-corrected chi connectivity index (χ3v) is 5.52. The van der Waals surface area contributed by atoms with E-state index in [0.717, 1.165) is 13.6 Å². The lowest BCUT2D eigenvalue weighted by Crippen LogP contribution is -2.23. The Labute approximate surface area is 196 Å². The van der Waals surface area contributed by atoms with Crippen LogP contribution in [0.25, 0.3) is 10.9 Å². The van der Waals surface area contributed by atoms with Gasteiger partial charge in [-0.2, -0.15) is 9.78 Å². The van der Waals surface area contributed by atoms with Crippen molar-refractivity contribution in [2.24, 2.45) is 5.10 Å². The number of halogens is 2. The minimum Gasteiger partial charge on any atom is -0.493 e. The predicted molar refractivity (Wildman–Crippen MR) is 131 cm³/mol. The molecule has 6 nitrogen and oxygen atoms in total. The molecule has 0 unspecified atom stereocenters. The summed E-state index contributed by atoms with van der Waals surface area (Å²) in [5.74, 6) is 4.15. The SMILES string of the molecule is C#CCOc1c(I)cc(C=Nn2c(C(C)C)nc3ccc(Br)cc3c2=O)cc1OC. The van der Waals surface area contributed by atoms with Gasteiger partial charge in [-0.05, 0) is 58.5 Å². The van der Waals surface area contributed by atoms with Crippen LogP contribution in [-0.4, -0.2) is 29.6 Å². The number of ether oxygens (including phenoxy) is 2. The summed E-state index contributed by atoms with van der Waals surface area (Å²) in [4.78, 5) is 17.8. The second kappa shape index (κ2) is 9.62. The zero-order valence-corrected chi connectivity index (χ0v) is 20.4. The van der Waals surface area contributed by atoms with Gasteiger partial charge < -0.3 is 9.47 Å². The highest BCUT2D eigenvalue weighted by Gasteiger charge is 2.14. The molecule has 0 aliphatic carbocycles. The standard InChI is InChI=1S/C22H19BrIN3O3/c1-5-8-30-20-17(24)9-14(10-19(20)29-4)12-25-27-21(13(2)3)26-18-7-6-15(23)11-16(18)22(27)28/h1,6-7,9-13H,8H2,2-4H3. The Morgan fingerprint density at radius 1 is 1.37 bits per heavy atom. The molecule has 1 aromatic heterocycles. The fourth-order valence-electron chi connectivity index (χ4n) is 2.84. The third-order valence-electron chi connectivity index (χ3n) is 4.22. The van der Waals surface area contributed by atoms with Gasteiger partial charge in [0.25, 0.3) is 5.56 Å². The summed E-state index contributed by atoms with van der Waals surface area (Å²) in [6.07, 6.45) is 6.89. The van der Waals surface area contributed by atoms with Crippen LogP contribution >= 0.6 is 38.5 Å². The molecule has 3 rings (SSSR count). The molecular formula is C22H19BrIN3O3. The van der Waals surface area contributed by atoms with Crippen LogP contribution < -0.4 is 15.0 Å². The molecule has 0 fully saturated rings. The van der Waals surface area contributed by atoms with Crippen LogP contribution in [0.3, 0.4) is 0 Å². The van der Waals surface area contributed by atoms with Crippen LogP contribution in [0.5, 0.6) is 11.5 Å². The number of methoxy groups -OCH3 is 1. The Bertz CT molecular complexity index is 1230. The van der Waals surface area contributed by atoms with E-state index in [4.69, 9.17) is 15.9 Å². The summed E-state index contributed by atoms with van der Waals surface area (Å²) in [6, 6.07) is 9.10.